The number of rotatable bonds is 8. The molecule has 1 rings (SSSR count). The van der Waals surface area contributed by atoms with Crippen LogP contribution in [0.1, 0.15) is 72.6 Å². The number of nitrogens with zero attached hydrogens (tertiary/aromatic N) is 1. The molecule has 2 heteroatoms. The van der Waals surface area contributed by atoms with E-state index in [0.717, 1.165) is 0 Å². The predicted molar refractivity (Wildman–Crippen MR) is 85.7 cm³/mol. The number of hydrogen-bond donors (Lipinski definition) is 1. The zero-order valence-corrected chi connectivity index (χ0v) is 14.0. The Labute approximate surface area is 121 Å². The first-order valence-electron chi connectivity index (χ1n) is 8.38. The number of hydrogen-bond acceptors (Lipinski definition) is 2. The molecule has 0 aromatic heterocycles. The molecule has 1 N–H and O–H groups in total. The molecule has 0 aromatic carbocycles. The third kappa shape index (κ3) is 5.07. The summed E-state index contributed by atoms with van der Waals surface area (Å²) >= 11 is 0. The van der Waals surface area contributed by atoms with Gasteiger partial charge < -0.3 is 10.2 Å². The molecule has 0 aromatic rings. The molecule has 0 unspecified atom stereocenters. The van der Waals surface area contributed by atoms with Crippen LogP contribution in [0, 0.1) is 5.41 Å². The second kappa shape index (κ2) is 7.64. The van der Waals surface area contributed by atoms with Crippen molar-refractivity contribution >= 4 is 0 Å². The molecule has 0 saturated heterocycles. The van der Waals surface area contributed by atoms with Gasteiger partial charge in [-0.1, -0.05) is 33.1 Å². The summed E-state index contributed by atoms with van der Waals surface area (Å²) in [5, 5.41) is 3.69. The molecular weight excluding hydrogens is 232 g/mol. The van der Waals surface area contributed by atoms with Gasteiger partial charge in [-0.05, 0) is 58.5 Å². The van der Waals surface area contributed by atoms with Crippen LogP contribution in [0.4, 0.5) is 0 Å². The molecule has 1 saturated carbocycles. The first kappa shape index (κ1) is 17.0. The summed E-state index contributed by atoms with van der Waals surface area (Å²) in [4.78, 5) is 2.60. The molecule has 0 radical (unpaired) electrons. The molecule has 1 fully saturated rings. The Kier molecular flexibility index (Phi) is 6.82. The second-order valence-corrected chi connectivity index (χ2v) is 7.26. The van der Waals surface area contributed by atoms with Gasteiger partial charge in [-0.3, -0.25) is 0 Å². The summed E-state index contributed by atoms with van der Waals surface area (Å²) in [5.41, 5.74) is 0.851. The van der Waals surface area contributed by atoms with Crippen LogP contribution in [0.3, 0.4) is 0 Å². The van der Waals surface area contributed by atoms with Gasteiger partial charge in [-0.15, -0.1) is 0 Å². The Bertz CT molecular complexity index is 242. The summed E-state index contributed by atoms with van der Waals surface area (Å²) < 4.78 is 0. The van der Waals surface area contributed by atoms with Gasteiger partial charge in [-0.2, -0.15) is 0 Å². The van der Waals surface area contributed by atoms with Crippen molar-refractivity contribution in [3.63, 3.8) is 0 Å². The van der Waals surface area contributed by atoms with Gasteiger partial charge in [0.15, 0.2) is 0 Å². The van der Waals surface area contributed by atoms with E-state index in [2.05, 4.69) is 45.0 Å². The highest BCUT2D eigenvalue weighted by molar-refractivity contribution is 4.90. The summed E-state index contributed by atoms with van der Waals surface area (Å²) in [7, 11) is 2.32. The van der Waals surface area contributed by atoms with E-state index < -0.39 is 0 Å². The van der Waals surface area contributed by atoms with Gasteiger partial charge >= 0.3 is 0 Å². The maximum absolute atomic E-state index is 3.69. The van der Waals surface area contributed by atoms with Crippen molar-refractivity contribution in [2.45, 2.75) is 78.2 Å². The molecule has 1 aliphatic rings. The van der Waals surface area contributed by atoms with Crippen molar-refractivity contribution < 1.29 is 0 Å². The molecule has 114 valence electrons. The lowest BCUT2D eigenvalue weighted by molar-refractivity contribution is 0.0564. The summed E-state index contributed by atoms with van der Waals surface area (Å²) in [6.45, 7) is 13.0. The third-order valence-corrected chi connectivity index (χ3v) is 5.31. The van der Waals surface area contributed by atoms with Crippen molar-refractivity contribution in [2.75, 3.05) is 26.7 Å². The quantitative estimate of drug-likeness (QED) is 0.668. The lowest BCUT2D eigenvalue weighted by Crippen LogP contribution is -2.50. The van der Waals surface area contributed by atoms with Crippen molar-refractivity contribution in [1.29, 1.82) is 0 Å². The molecule has 0 atom stereocenters. The number of nitrogens with one attached hydrogen (secondary N) is 1. The van der Waals surface area contributed by atoms with Crippen molar-refractivity contribution in [3.05, 3.63) is 0 Å². The first-order chi connectivity index (χ1) is 8.96. The standard InChI is InChI=1S/C17H36N2/c1-6-13-18-14-17(11-9-8-10-12-17)15-19(5)16(3,4)7-2/h18H,6-15H2,1-5H3. The van der Waals surface area contributed by atoms with Crippen molar-refractivity contribution in [3.8, 4) is 0 Å². The monoisotopic (exact) mass is 268 g/mol. The first-order valence-corrected chi connectivity index (χ1v) is 8.38. The zero-order chi connectivity index (χ0) is 14.4. The minimum Gasteiger partial charge on any atom is -0.316 e. The smallest absolute Gasteiger partial charge is 0.0147 e. The fraction of sp³-hybridized carbons (Fsp3) is 1.00. The van der Waals surface area contributed by atoms with Gasteiger partial charge in [0.1, 0.15) is 0 Å². The maximum Gasteiger partial charge on any atom is 0.0147 e. The van der Waals surface area contributed by atoms with E-state index in [9.17, 15) is 0 Å². The molecule has 0 spiro atoms. The predicted octanol–water partition coefficient (Wildman–Crippen LogP) is 4.06. The second-order valence-electron chi connectivity index (χ2n) is 7.26. The summed E-state index contributed by atoms with van der Waals surface area (Å²) in [6, 6.07) is 0. The third-order valence-electron chi connectivity index (χ3n) is 5.31. The highest BCUT2D eigenvalue weighted by Gasteiger charge is 2.35. The van der Waals surface area contributed by atoms with E-state index in [1.807, 2.05) is 0 Å². The van der Waals surface area contributed by atoms with Crippen LogP contribution < -0.4 is 5.32 Å². The lowest BCUT2D eigenvalue weighted by atomic mass is 9.73. The van der Waals surface area contributed by atoms with E-state index in [1.165, 1.54) is 64.6 Å². The van der Waals surface area contributed by atoms with Crippen LogP contribution >= 0.6 is 0 Å². The average Bonchev–Trinajstić information content (AvgIpc) is 2.40. The van der Waals surface area contributed by atoms with Crippen LogP contribution in [0.15, 0.2) is 0 Å². The minimum absolute atomic E-state index is 0.329. The molecule has 1 aliphatic carbocycles. The zero-order valence-electron chi connectivity index (χ0n) is 14.0. The van der Waals surface area contributed by atoms with Crippen LogP contribution in [0.25, 0.3) is 0 Å². The van der Waals surface area contributed by atoms with Crippen LogP contribution in [-0.4, -0.2) is 37.1 Å². The minimum atomic E-state index is 0.329. The van der Waals surface area contributed by atoms with Crippen LogP contribution in [-0.2, 0) is 0 Å². The lowest BCUT2D eigenvalue weighted by Gasteiger charge is -2.45. The molecule has 19 heavy (non-hydrogen) atoms. The Morgan fingerprint density at radius 1 is 1.11 bits per heavy atom. The Morgan fingerprint density at radius 2 is 1.74 bits per heavy atom. The van der Waals surface area contributed by atoms with Crippen LogP contribution in [0.2, 0.25) is 0 Å². The molecule has 0 heterocycles. The van der Waals surface area contributed by atoms with Gasteiger partial charge in [0.25, 0.3) is 0 Å². The normalized spacial score (nSPS) is 19.9. The largest absolute Gasteiger partial charge is 0.316 e. The molecular formula is C17H36N2. The SMILES string of the molecule is CCCNCC1(CN(C)C(C)(C)CC)CCCCC1. The highest BCUT2D eigenvalue weighted by Crippen LogP contribution is 2.37. The van der Waals surface area contributed by atoms with Gasteiger partial charge in [0.05, 0.1) is 0 Å². The maximum atomic E-state index is 3.69. The highest BCUT2D eigenvalue weighted by atomic mass is 15.2. The Morgan fingerprint density at radius 3 is 2.26 bits per heavy atom. The van der Waals surface area contributed by atoms with Crippen molar-refractivity contribution in [1.82, 2.24) is 10.2 Å². The fourth-order valence-electron chi connectivity index (χ4n) is 3.21. The molecule has 2 nitrogen and oxygen atoms in total. The summed E-state index contributed by atoms with van der Waals surface area (Å²) in [5.74, 6) is 0. The van der Waals surface area contributed by atoms with Gasteiger partial charge in [0, 0.05) is 18.6 Å². The fourth-order valence-corrected chi connectivity index (χ4v) is 3.21. The Balaban J connectivity index is 2.63. The van der Waals surface area contributed by atoms with E-state index in [1.54, 1.807) is 0 Å². The molecule has 0 bridgehead atoms. The molecule has 0 amide bonds. The van der Waals surface area contributed by atoms with Crippen LogP contribution in [0.5, 0.6) is 0 Å². The molecule has 0 aliphatic heterocycles. The van der Waals surface area contributed by atoms with Gasteiger partial charge in [-0.25, -0.2) is 0 Å². The van der Waals surface area contributed by atoms with E-state index in [0.29, 0.717) is 11.0 Å². The van der Waals surface area contributed by atoms with E-state index in [-0.39, 0.29) is 0 Å². The average molecular weight is 268 g/mol. The Hall–Kier alpha value is -0.0800. The van der Waals surface area contributed by atoms with E-state index in [4.69, 9.17) is 0 Å². The van der Waals surface area contributed by atoms with Crippen molar-refractivity contribution in [2.24, 2.45) is 5.41 Å². The summed E-state index contributed by atoms with van der Waals surface area (Å²) in [6.07, 6.45) is 9.58. The van der Waals surface area contributed by atoms with E-state index >= 15 is 0 Å². The van der Waals surface area contributed by atoms with Gasteiger partial charge in [0.2, 0.25) is 0 Å². The topological polar surface area (TPSA) is 15.3 Å².